The number of aromatic nitrogens is 3. The van der Waals surface area contributed by atoms with Gasteiger partial charge in [0.2, 0.25) is 5.91 Å². The fourth-order valence-corrected chi connectivity index (χ4v) is 4.35. The van der Waals surface area contributed by atoms with Gasteiger partial charge in [-0.1, -0.05) is 29.3 Å². The van der Waals surface area contributed by atoms with E-state index in [1.165, 1.54) is 12.6 Å². The standard InChI is InChI=1S/C24H23Cl2N5O3S/c1-35(33)14-22(32)27-9-3-10-31-11-8-20-23(31)24(29-15-28-20)30-17-6-7-21(19(26)13-17)34-18-5-2-4-16(25)12-18/h2,4-8,11-13,15H,3,9-10,14H2,1H3,(H,27,32)(H,28,29,30). The lowest BCUT2D eigenvalue weighted by molar-refractivity contribution is -0.118. The Morgan fingerprint density at radius 1 is 1.14 bits per heavy atom. The van der Waals surface area contributed by atoms with E-state index in [1.807, 2.05) is 22.9 Å². The Balaban J connectivity index is 1.45. The van der Waals surface area contributed by atoms with Crippen LogP contribution in [0.1, 0.15) is 6.42 Å². The smallest absolute Gasteiger partial charge is 0.232 e. The molecule has 182 valence electrons. The Bertz CT molecular complexity index is 1380. The zero-order valence-electron chi connectivity index (χ0n) is 18.8. The molecule has 2 N–H and O–H groups in total. The van der Waals surface area contributed by atoms with Crippen LogP contribution in [0.3, 0.4) is 0 Å². The van der Waals surface area contributed by atoms with Gasteiger partial charge in [-0.3, -0.25) is 9.00 Å². The van der Waals surface area contributed by atoms with Gasteiger partial charge in [0.25, 0.3) is 0 Å². The number of hydrogen-bond acceptors (Lipinski definition) is 6. The summed E-state index contributed by atoms with van der Waals surface area (Å²) in [5, 5.41) is 7.10. The maximum atomic E-state index is 11.7. The van der Waals surface area contributed by atoms with Gasteiger partial charge in [-0.2, -0.15) is 0 Å². The lowest BCUT2D eigenvalue weighted by atomic mass is 10.3. The summed E-state index contributed by atoms with van der Waals surface area (Å²) >= 11 is 12.5. The van der Waals surface area contributed by atoms with Gasteiger partial charge < -0.3 is 19.9 Å². The highest BCUT2D eigenvalue weighted by molar-refractivity contribution is 7.85. The van der Waals surface area contributed by atoms with Crippen molar-refractivity contribution in [3.05, 3.63) is 71.1 Å². The molecule has 4 rings (SSSR count). The van der Waals surface area contributed by atoms with E-state index in [-0.39, 0.29) is 11.7 Å². The second-order valence-electron chi connectivity index (χ2n) is 7.72. The second kappa shape index (κ2) is 11.5. The predicted octanol–water partition coefficient (Wildman–Crippen LogP) is 5.16. The van der Waals surface area contributed by atoms with Crippen LogP contribution in [0.4, 0.5) is 11.5 Å². The normalized spacial score (nSPS) is 11.9. The van der Waals surface area contributed by atoms with Crippen LogP contribution in [0.25, 0.3) is 11.0 Å². The Morgan fingerprint density at radius 2 is 2.00 bits per heavy atom. The number of carbonyl (C=O) groups excluding carboxylic acids is 1. The third kappa shape index (κ3) is 6.72. The number of hydrogen-bond donors (Lipinski definition) is 2. The Kier molecular flexibility index (Phi) is 8.22. The van der Waals surface area contributed by atoms with Crippen LogP contribution in [0, 0.1) is 0 Å². The number of halogens is 2. The maximum Gasteiger partial charge on any atom is 0.232 e. The predicted molar refractivity (Wildman–Crippen MR) is 140 cm³/mol. The van der Waals surface area contributed by atoms with Crippen LogP contribution in [0.15, 0.2) is 61.1 Å². The molecule has 1 amide bonds. The molecule has 1 unspecified atom stereocenters. The minimum Gasteiger partial charge on any atom is -0.456 e. The lowest BCUT2D eigenvalue weighted by Crippen LogP contribution is -2.29. The average molecular weight is 532 g/mol. The van der Waals surface area contributed by atoms with Gasteiger partial charge >= 0.3 is 0 Å². The van der Waals surface area contributed by atoms with Gasteiger partial charge in [0.05, 0.1) is 10.5 Å². The van der Waals surface area contributed by atoms with Gasteiger partial charge in [-0.15, -0.1) is 0 Å². The Labute approximate surface area is 215 Å². The van der Waals surface area contributed by atoms with Crippen molar-refractivity contribution in [1.82, 2.24) is 19.9 Å². The first kappa shape index (κ1) is 25.0. The van der Waals surface area contributed by atoms with Crippen molar-refractivity contribution < 1.29 is 13.7 Å². The number of ether oxygens (including phenoxy) is 1. The molecule has 11 heteroatoms. The van der Waals surface area contributed by atoms with Gasteiger partial charge in [-0.05, 0) is 48.9 Å². The monoisotopic (exact) mass is 531 g/mol. The molecule has 2 aromatic heterocycles. The first-order valence-electron chi connectivity index (χ1n) is 10.8. The third-order valence-corrected chi connectivity index (χ3v) is 6.20. The topological polar surface area (TPSA) is 98.1 Å². The highest BCUT2D eigenvalue weighted by Crippen LogP contribution is 2.34. The van der Waals surface area contributed by atoms with E-state index in [9.17, 15) is 9.00 Å². The minimum atomic E-state index is -1.15. The summed E-state index contributed by atoms with van der Waals surface area (Å²) in [5.74, 6) is 1.53. The number of anilines is 2. The molecule has 1 atom stereocenters. The van der Waals surface area contributed by atoms with Crippen LogP contribution >= 0.6 is 23.2 Å². The number of carbonyl (C=O) groups is 1. The first-order chi connectivity index (χ1) is 16.9. The molecule has 0 aliphatic carbocycles. The fraction of sp³-hybridized carbons (Fsp3) is 0.208. The number of amides is 1. The molecule has 0 saturated heterocycles. The summed E-state index contributed by atoms with van der Waals surface area (Å²) in [7, 11) is -1.15. The van der Waals surface area contributed by atoms with E-state index in [2.05, 4.69) is 20.6 Å². The van der Waals surface area contributed by atoms with Crippen molar-refractivity contribution in [2.24, 2.45) is 0 Å². The zero-order valence-corrected chi connectivity index (χ0v) is 21.2. The molecule has 2 aromatic carbocycles. The number of nitrogens with zero attached hydrogens (tertiary/aromatic N) is 3. The minimum absolute atomic E-state index is 0.0137. The molecule has 0 bridgehead atoms. The number of benzene rings is 2. The molecule has 4 aromatic rings. The Hall–Kier alpha value is -3.14. The summed E-state index contributed by atoms with van der Waals surface area (Å²) in [4.78, 5) is 20.5. The molecule has 0 fully saturated rings. The van der Waals surface area contributed by atoms with Crippen molar-refractivity contribution in [3.8, 4) is 11.5 Å². The van der Waals surface area contributed by atoms with E-state index in [0.29, 0.717) is 46.9 Å². The van der Waals surface area contributed by atoms with Gasteiger partial charge in [-0.25, -0.2) is 9.97 Å². The first-order valence-corrected chi connectivity index (χ1v) is 13.2. The molecule has 0 saturated carbocycles. The zero-order chi connectivity index (χ0) is 24.8. The Morgan fingerprint density at radius 3 is 2.77 bits per heavy atom. The quantitative estimate of drug-likeness (QED) is 0.274. The fourth-order valence-electron chi connectivity index (χ4n) is 3.48. The van der Waals surface area contributed by atoms with E-state index in [4.69, 9.17) is 27.9 Å². The molecule has 2 heterocycles. The van der Waals surface area contributed by atoms with Crippen molar-refractivity contribution >= 4 is 62.4 Å². The van der Waals surface area contributed by atoms with Crippen LogP contribution in [0.5, 0.6) is 11.5 Å². The largest absolute Gasteiger partial charge is 0.456 e. The number of nitrogens with one attached hydrogen (secondary N) is 2. The number of aryl methyl sites for hydroxylation is 1. The van der Waals surface area contributed by atoms with Crippen LogP contribution in [-0.4, -0.2) is 43.2 Å². The highest BCUT2D eigenvalue weighted by atomic mass is 35.5. The molecule has 35 heavy (non-hydrogen) atoms. The summed E-state index contributed by atoms with van der Waals surface area (Å²) in [6.45, 7) is 1.13. The summed E-state index contributed by atoms with van der Waals surface area (Å²) < 4.78 is 19.0. The van der Waals surface area contributed by atoms with E-state index in [0.717, 1.165) is 16.7 Å². The lowest BCUT2D eigenvalue weighted by Gasteiger charge is -2.13. The summed E-state index contributed by atoms with van der Waals surface area (Å²) in [6, 6.07) is 14.4. The number of fused-ring (bicyclic) bond motifs is 1. The van der Waals surface area contributed by atoms with Crippen molar-refractivity contribution in [2.45, 2.75) is 13.0 Å². The third-order valence-electron chi connectivity index (χ3n) is 5.00. The molecule has 0 spiro atoms. The SMILES string of the molecule is CS(=O)CC(=O)NCCCn1ccc2ncnc(Nc3ccc(Oc4cccc(Cl)c4)c(Cl)c3)c21. The average Bonchev–Trinajstić information content (AvgIpc) is 3.22. The van der Waals surface area contributed by atoms with Crippen molar-refractivity contribution in [2.75, 3.05) is 23.9 Å². The van der Waals surface area contributed by atoms with E-state index < -0.39 is 10.8 Å². The maximum absolute atomic E-state index is 11.7. The van der Waals surface area contributed by atoms with Crippen LogP contribution in [0.2, 0.25) is 10.0 Å². The summed E-state index contributed by atoms with van der Waals surface area (Å²) in [6.07, 6.45) is 5.63. The van der Waals surface area contributed by atoms with Crippen molar-refractivity contribution in [3.63, 3.8) is 0 Å². The molecule has 0 radical (unpaired) electrons. The van der Waals surface area contributed by atoms with Gasteiger partial charge in [0, 0.05) is 47.1 Å². The number of rotatable bonds is 10. The molecule has 0 aliphatic rings. The molecular weight excluding hydrogens is 509 g/mol. The van der Waals surface area contributed by atoms with Crippen LogP contribution < -0.4 is 15.4 Å². The highest BCUT2D eigenvalue weighted by Gasteiger charge is 2.12. The second-order valence-corrected chi connectivity index (χ2v) is 9.99. The van der Waals surface area contributed by atoms with Crippen molar-refractivity contribution in [1.29, 1.82) is 0 Å². The van der Waals surface area contributed by atoms with E-state index in [1.54, 1.807) is 36.4 Å². The van der Waals surface area contributed by atoms with Gasteiger partial charge in [0.15, 0.2) is 5.82 Å². The van der Waals surface area contributed by atoms with E-state index >= 15 is 0 Å². The van der Waals surface area contributed by atoms with Gasteiger partial charge in [0.1, 0.15) is 29.1 Å². The molecule has 0 aliphatic heterocycles. The summed E-state index contributed by atoms with van der Waals surface area (Å²) in [5.41, 5.74) is 2.37. The molecular formula is C24H23Cl2N5O3S. The van der Waals surface area contributed by atoms with Crippen LogP contribution in [-0.2, 0) is 22.1 Å². The molecule has 8 nitrogen and oxygen atoms in total.